The van der Waals surface area contributed by atoms with E-state index in [1.165, 1.54) is 19.1 Å². The maximum Gasteiger partial charge on any atom is 0.127 e. The molecule has 0 aromatic carbocycles. The van der Waals surface area contributed by atoms with Crippen LogP contribution < -0.4 is 0 Å². The number of fused-ring (bicyclic) bond motifs is 1. The molecule has 104 valence electrons. The molecule has 0 radical (unpaired) electrons. The minimum absolute atomic E-state index is 0.105. The van der Waals surface area contributed by atoms with Crippen LogP contribution in [0.5, 0.6) is 0 Å². The van der Waals surface area contributed by atoms with Crippen molar-refractivity contribution in [2.24, 2.45) is 11.3 Å². The molecule has 2 heterocycles. The van der Waals surface area contributed by atoms with Crippen LogP contribution in [0.4, 0.5) is 0 Å². The zero-order valence-corrected chi connectivity index (χ0v) is 11.7. The second kappa shape index (κ2) is 5.08. The quantitative estimate of drug-likeness (QED) is 0.782. The lowest BCUT2D eigenvalue weighted by atomic mass is 9.70. The van der Waals surface area contributed by atoms with E-state index in [2.05, 4.69) is 21.4 Å². The summed E-state index contributed by atoms with van der Waals surface area (Å²) in [7, 11) is 0. The highest BCUT2D eigenvalue weighted by atomic mass is 16.1. The van der Waals surface area contributed by atoms with Gasteiger partial charge in [-0.1, -0.05) is 19.8 Å². The van der Waals surface area contributed by atoms with E-state index in [4.69, 9.17) is 0 Å². The van der Waals surface area contributed by atoms with Crippen LogP contribution in [0.3, 0.4) is 0 Å². The van der Waals surface area contributed by atoms with Gasteiger partial charge in [0.25, 0.3) is 0 Å². The first-order valence-electron chi connectivity index (χ1n) is 7.39. The molecule has 0 amide bonds. The first kappa shape index (κ1) is 12.9. The molecule has 1 saturated carbocycles. The smallest absolute Gasteiger partial charge is 0.127 e. The summed E-state index contributed by atoms with van der Waals surface area (Å²) in [6.45, 7) is 6.11. The van der Waals surface area contributed by atoms with Crippen molar-refractivity contribution in [1.82, 2.24) is 14.5 Å². The summed E-state index contributed by atoms with van der Waals surface area (Å²) in [6, 6.07) is 0. The highest BCUT2D eigenvalue weighted by molar-refractivity contribution is 5.60. The highest BCUT2D eigenvalue weighted by Gasteiger charge is 2.37. The van der Waals surface area contributed by atoms with Gasteiger partial charge in [0.1, 0.15) is 12.1 Å². The number of rotatable bonds is 3. The summed E-state index contributed by atoms with van der Waals surface area (Å²) in [5.74, 6) is 1.82. The molecule has 3 rings (SSSR count). The van der Waals surface area contributed by atoms with Crippen molar-refractivity contribution < 1.29 is 4.79 Å². The van der Waals surface area contributed by atoms with Crippen LogP contribution in [-0.2, 0) is 17.9 Å². The summed E-state index contributed by atoms with van der Waals surface area (Å²) in [5, 5.41) is 0. The van der Waals surface area contributed by atoms with Crippen LogP contribution in [0.25, 0.3) is 0 Å². The monoisotopic (exact) mass is 261 g/mol. The Morgan fingerprint density at radius 2 is 2.42 bits per heavy atom. The third kappa shape index (κ3) is 2.59. The van der Waals surface area contributed by atoms with Crippen LogP contribution in [0.15, 0.2) is 12.4 Å². The van der Waals surface area contributed by atoms with Crippen molar-refractivity contribution in [1.29, 1.82) is 0 Å². The Balaban J connectivity index is 1.69. The van der Waals surface area contributed by atoms with E-state index < -0.39 is 0 Å². The molecule has 1 aromatic heterocycles. The van der Waals surface area contributed by atoms with Crippen LogP contribution in [0, 0.1) is 11.3 Å². The number of hydrogen-bond acceptors (Lipinski definition) is 3. The van der Waals surface area contributed by atoms with Gasteiger partial charge in [0, 0.05) is 37.4 Å². The lowest BCUT2D eigenvalue weighted by molar-refractivity contribution is -0.120. The zero-order valence-electron chi connectivity index (χ0n) is 11.7. The van der Waals surface area contributed by atoms with E-state index in [9.17, 15) is 4.79 Å². The van der Waals surface area contributed by atoms with Crippen LogP contribution in [0.2, 0.25) is 0 Å². The minimum Gasteiger partial charge on any atom is -0.333 e. The second-order valence-electron chi connectivity index (χ2n) is 6.43. The Labute approximate surface area is 114 Å². The Bertz CT molecular complexity index is 456. The van der Waals surface area contributed by atoms with Gasteiger partial charge in [-0.3, -0.25) is 4.90 Å². The number of carbonyl (C=O) groups excluding carboxylic acids is 1. The molecule has 2 atom stereocenters. The summed E-state index contributed by atoms with van der Waals surface area (Å²) in [5.41, 5.74) is -0.105. The lowest BCUT2D eigenvalue weighted by Gasteiger charge is -2.40. The average Bonchev–Trinajstić information content (AvgIpc) is 2.86. The molecular weight excluding hydrogens is 238 g/mol. The van der Waals surface area contributed by atoms with E-state index in [0.29, 0.717) is 5.92 Å². The lowest BCUT2D eigenvalue weighted by Crippen LogP contribution is -2.44. The van der Waals surface area contributed by atoms with Crippen LogP contribution >= 0.6 is 0 Å². The molecule has 0 saturated heterocycles. The second-order valence-corrected chi connectivity index (χ2v) is 6.43. The van der Waals surface area contributed by atoms with Crippen molar-refractivity contribution in [2.45, 2.75) is 45.7 Å². The number of aldehydes is 1. The van der Waals surface area contributed by atoms with Gasteiger partial charge >= 0.3 is 0 Å². The molecule has 0 spiro atoms. The first-order chi connectivity index (χ1) is 9.21. The van der Waals surface area contributed by atoms with Gasteiger partial charge in [-0.25, -0.2) is 4.98 Å². The van der Waals surface area contributed by atoms with E-state index >= 15 is 0 Å². The third-order valence-corrected chi connectivity index (χ3v) is 4.74. The number of aromatic nitrogens is 2. The molecule has 19 heavy (non-hydrogen) atoms. The topological polar surface area (TPSA) is 38.1 Å². The average molecular weight is 261 g/mol. The molecule has 1 fully saturated rings. The summed E-state index contributed by atoms with van der Waals surface area (Å²) >= 11 is 0. The fourth-order valence-corrected chi connectivity index (χ4v) is 3.79. The van der Waals surface area contributed by atoms with Crippen LogP contribution in [-0.4, -0.2) is 33.8 Å². The number of hydrogen-bond donors (Lipinski definition) is 0. The standard InChI is InChI=1S/C15H23N3O/c1-13-3-2-4-15(9-13,12-19)11-17-7-8-18-6-5-16-14(18)10-17/h5-6,12-13H,2-4,7-11H2,1H3. The van der Waals surface area contributed by atoms with Gasteiger partial charge in [0.2, 0.25) is 0 Å². The maximum atomic E-state index is 11.6. The molecule has 4 nitrogen and oxygen atoms in total. The molecule has 0 bridgehead atoms. The molecule has 0 N–H and O–H groups in total. The van der Waals surface area contributed by atoms with Gasteiger partial charge in [0.15, 0.2) is 0 Å². The predicted octanol–water partition coefficient (Wildman–Crippen LogP) is 2.09. The molecule has 4 heteroatoms. The number of imidazole rings is 1. The van der Waals surface area contributed by atoms with Gasteiger partial charge in [0.05, 0.1) is 6.54 Å². The Morgan fingerprint density at radius 1 is 1.53 bits per heavy atom. The van der Waals surface area contributed by atoms with Crippen molar-refractivity contribution in [3.05, 3.63) is 18.2 Å². The Morgan fingerprint density at radius 3 is 3.21 bits per heavy atom. The summed E-state index contributed by atoms with van der Waals surface area (Å²) in [4.78, 5) is 18.5. The van der Waals surface area contributed by atoms with E-state index in [1.54, 1.807) is 0 Å². The van der Waals surface area contributed by atoms with Crippen molar-refractivity contribution in [3.63, 3.8) is 0 Å². The molecular formula is C15H23N3O. The predicted molar refractivity (Wildman–Crippen MR) is 73.6 cm³/mol. The highest BCUT2D eigenvalue weighted by Crippen LogP contribution is 2.38. The molecule has 1 aliphatic heterocycles. The van der Waals surface area contributed by atoms with Gasteiger partial charge in [-0.2, -0.15) is 0 Å². The SMILES string of the molecule is CC1CCCC(C=O)(CN2CCn3ccnc3C2)C1. The van der Waals surface area contributed by atoms with Gasteiger partial charge in [-0.15, -0.1) is 0 Å². The fourth-order valence-electron chi connectivity index (χ4n) is 3.79. The van der Waals surface area contributed by atoms with Gasteiger partial charge in [-0.05, 0) is 18.8 Å². The first-order valence-corrected chi connectivity index (χ1v) is 7.39. The molecule has 1 aromatic rings. The zero-order chi connectivity index (χ0) is 13.3. The van der Waals surface area contributed by atoms with Crippen molar-refractivity contribution >= 4 is 6.29 Å². The van der Waals surface area contributed by atoms with E-state index in [-0.39, 0.29) is 5.41 Å². The number of nitrogens with zero attached hydrogens (tertiary/aromatic N) is 3. The fraction of sp³-hybridized carbons (Fsp3) is 0.733. The largest absolute Gasteiger partial charge is 0.333 e. The molecule has 1 aliphatic carbocycles. The van der Waals surface area contributed by atoms with E-state index in [0.717, 1.165) is 44.8 Å². The third-order valence-electron chi connectivity index (χ3n) is 4.74. The number of carbonyl (C=O) groups is 1. The van der Waals surface area contributed by atoms with Crippen LogP contribution in [0.1, 0.15) is 38.4 Å². The minimum atomic E-state index is -0.105. The normalized spacial score (nSPS) is 31.9. The van der Waals surface area contributed by atoms with Crippen molar-refractivity contribution in [2.75, 3.05) is 13.1 Å². The molecule has 2 aliphatic rings. The summed E-state index contributed by atoms with van der Waals surface area (Å²) < 4.78 is 2.22. The maximum absolute atomic E-state index is 11.6. The van der Waals surface area contributed by atoms with E-state index in [1.807, 2.05) is 12.4 Å². The Kier molecular flexibility index (Phi) is 3.44. The summed E-state index contributed by atoms with van der Waals surface area (Å²) in [6.07, 6.45) is 9.75. The molecule has 2 unspecified atom stereocenters. The van der Waals surface area contributed by atoms with Crippen molar-refractivity contribution in [3.8, 4) is 0 Å². The van der Waals surface area contributed by atoms with Gasteiger partial charge < -0.3 is 9.36 Å². The Hall–Kier alpha value is -1.16.